The van der Waals surface area contributed by atoms with Gasteiger partial charge in [-0.15, -0.1) is 0 Å². The fourth-order valence-electron chi connectivity index (χ4n) is 2.25. The van der Waals surface area contributed by atoms with E-state index in [-0.39, 0.29) is 17.7 Å². The van der Waals surface area contributed by atoms with Crippen molar-refractivity contribution in [1.82, 2.24) is 14.9 Å². The Hall–Kier alpha value is -2.57. The number of amidine groups is 1. The monoisotopic (exact) mass is 273 g/mol. The number of pyridine rings is 1. The summed E-state index contributed by atoms with van der Waals surface area (Å²) in [5.74, 6) is 0.0173. The minimum atomic E-state index is -0.425. The highest BCUT2D eigenvalue weighted by Crippen LogP contribution is 2.33. The van der Waals surface area contributed by atoms with Gasteiger partial charge in [-0.25, -0.2) is 4.52 Å². The van der Waals surface area contributed by atoms with Crippen molar-refractivity contribution >= 4 is 17.3 Å². The van der Waals surface area contributed by atoms with Gasteiger partial charge in [0.1, 0.15) is 0 Å². The van der Waals surface area contributed by atoms with Crippen LogP contribution in [-0.2, 0) is 0 Å². The molecule has 1 fully saturated rings. The van der Waals surface area contributed by atoms with Crippen molar-refractivity contribution < 1.29 is 10.0 Å². The van der Waals surface area contributed by atoms with E-state index >= 15 is 0 Å². The van der Waals surface area contributed by atoms with Gasteiger partial charge in [0.2, 0.25) is 0 Å². The summed E-state index contributed by atoms with van der Waals surface area (Å²) in [6.07, 6.45) is 5.22. The van der Waals surface area contributed by atoms with Crippen LogP contribution in [0.5, 0.6) is 0 Å². The fraction of sp³-hybridized carbons (Fsp3) is 0.308. The Kier molecular flexibility index (Phi) is 3.02. The van der Waals surface area contributed by atoms with E-state index in [9.17, 15) is 4.79 Å². The minimum absolute atomic E-state index is 0.0392. The maximum atomic E-state index is 12.3. The van der Waals surface area contributed by atoms with Crippen LogP contribution in [0.2, 0.25) is 0 Å². The third-order valence-electron chi connectivity index (χ3n) is 3.49. The molecule has 0 aromatic carbocycles. The molecule has 20 heavy (non-hydrogen) atoms. The third kappa shape index (κ3) is 2.18. The van der Waals surface area contributed by atoms with Crippen LogP contribution in [0.4, 0.5) is 0 Å². The predicted molar refractivity (Wildman–Crippen MR) is 72.6 cm³/mol. The largest absolute Gasteiger partial charge is 0.409 e. The Morgan fingerprint density at radius 3 is 3.05 bits per heavy atom. The zero-order valence-electron chi connectivity index (χ0n) is 10.7. The average Bonchev–Trinajstić information content (AvgIpc) is 3.22. The van der Waals surface area contributed by atoms with Crippen molar-refractivity contribution in [3.63, 3.8) is 0 Å². The van der Waals surface area contributed by atoms with Crippen LogP contribution in [0.25, 0.3) is 5.52 Å². The van der Waals surface area contributed by atoms with E-state index in [0.29, 0.717) is 5.56 Å². The van der Waals surface area contributed by atoms with Gasteiger partial charge in [0.25, 0.3) is 5.91 Å². The molecule has 3 rings (SSSR count). The molecule has 2 aromatic heterocycles. The molecule has 1 aliphatic rings. The summed E-state index contributed by atoms with van der Waals surface area (Å²) in [5, 5.41) is 18.7. The standard InChI is InChI=1S/C13H15N5O2/c14-12(17-20)11(8-4-5-8)16-13(19)9-7-15-18-6-2-1-3-10(9)18/h1-3,6-8,11,20H,4-5H2,(H2,14,17)(H,16,19). The van der Waals surface area contributed by atoms with E-state index in [2.05, 4.69) is 15.6 Å². The first kappa shape index (κ1) is 12.5. The quantitative estimate of drug-likeness (QED) is 0.328. The lowest BCUT2D eigenvalue weighted by Crippen LogP contribution is -2.46. The molecule has 0 spiro atoms. The van der Waals surface area contributed by atoms with Crippen LogP contribution < -0.4 is 11.1 Å². The zero-order valence-corrected chi connectivity index (χ0v) is 10.7. The molecule has 104 valence electrons. The number of fused-ring (bicyclic) bond motifs is 1. The van der Waals surface area contributed by atoms with E-state index in [1.54, 1.807) is 10.7 Å². The number of carbonyl (C=O) groups excluding carboxylic acids is 1. The molecule has 0 radical (unpaired) electrons. The highest BCUT2D eigenvalue weighted by atomic mass is 16.4. The lowest BCUT2D eigenvalue weighted by atomic mass is 10.1. The summed E-state index contributed by atoms with van der Waals surface area (Å²) >= 11 is 0. The number of nitrogens with one attached hydrogen (secondary N) is 1. The average molecular weight is 273 g/mol. The van der Waals surface area contributed by atoms with Gasteiger partial charge in [0.15, 0.2) is 5.84 Å². The number of nitrogens with zero attached hydrogens (tertiary/aromatic N) is 3. The van der Waals surface area contributed by atoms with Gasteiger partial charge < -0.3 is 16.3 Å². The smallest absolute Gasteiger partial charge is 0.255 e. The van der Waals surface area contributed by atoms with Gasteiger partial charge in [-0.1, -0.05) is 11.2 Å². The zero-order chi connectivity index (χ0) is 14.1. The maximum absolute atomic E-state index is 12.3. The van der Waals surface area contributed by atoms with E-state index in [1.165, 1.54) is 6.20 Å². The molecule has 0 aliphatic heterocycles. The Bertz CT molecular complexity index is 674. The number of aromatic nitrogens is 2. The normalized spacial score (nSPS) is 17.1. The molecule has 4 N–H and O–H groups in total. The van der Waals surface area contributed by atoms with Gasteiger partial charge >= 0.3 is 0 Å². The van der Waals surface area contributed by atoms with Crippen LogP contribution in [0.1, 0.15) is 23.2 Å². The summed E-state index contributed by atoms with van der Waals surface area (Å²) in [5.41, 5.74) is 6.83. The molecule has 1 unspecified atom stereocenters. The molecule has 1 atom stereocenters. The summed E-state index contributed by atoms with van der Waals surface area (Å²) in [6.45, 7) is 0. The summed E-state index contributed by atoms with van der Waals surface area (Å²) in [6, 6.07) is 5.07. The molecule has 7 heteroatoms. The van der Waals surface area contributed by atoms with Gasteiger partial charge in [-0.05, 0) is 30.9 Å². The molecule has 0 saturated heterocycles. The maximum Gasteiger partial charge on any atom is 0.255 e. The number of nitrogens with two attached hydrogens (primary N) is 1. The van der Waals surface area contributed by atoms with Gasteiger partial charge in [-0.3, -0.25) is 4.79 Å². The second-order valence-corrected chi connectivity index (χ2v) is 4.90. The molecule has 2 aromatic rings. The van der Waals surface area contributed by atoms with Gasteiger partial charge in [-0.2, -0.15) is 5.10 Å². The SMILES string of the molecule is N/C(=N/O)C(NC(=O)c1cnn2ccccc12)C1CC1. The molecule has 1 amide bonds. The van der Waals surface area contributed by atoms with Crippen molar-refractivity contribution in [2.45, 2.75) is 18.9 Å². The van der Waals surface area contributed by atoms with E-state index in [1.807, 2.05) is 18.2 Å². The van der Waals surface area contributed by atoms with Gasteiger partial charge in [0, 0.05) is 6.20 Å². The molecule has 7 nitrogen and oxygen atoms in total. The Morgan fingerprint density at radius 1 is 1.55 bits per heavy atom. The predicted octanol–water partition coefficient (Wildman–Crippen LogP) is 0.589. The molecular weight excluding hydrogens is 258 g/mol. The number of hydrogen-bond acceptors (Lipinski definition) is 4. The second-order valence-electron chi connectivity index (χ2n) is 4.90. The van der Waals surface area contributed by atoms with E-state index in [0.717, 1.165) is 18.4 Å². The van der Waals surface area contributed by atoms with Crippen LogP contribution in [0.15, 0.2) is 35.7 Å². The highest BCUT2D eigenvalue weighted by Gasteiger charge is 2.35. The number of carbonyl (C=O) groups is 1. The Morgan fingerprint density at radius 2 is 2.35 bits per heavy atom. The van der Waals surface area contributed by atoms with Crippen molar-refractivity contribution in [3.05, 3.63) is 36.2 Å². The lowest BCUT2D eigenvalue weighted by Gasteiger charge is -2.16. The Balaban J connectivity index is 1.85. The molecule has 1 aliphatic carbocycles. The van der Waals surface area contributed by atoms with Crippen LogP contribution in [0.3, 0.4) is 0 Å². The number of oxime groups is 1. The van der Waals surface area contributed by atoms with Crippen molar-refractivity contribution in [2.75, 3.05) is 0 Å². The van der Waals surface area contributed by atoms with Crippen LogP contribution in [0, 0.1) is 5.92 Å². The number of hydrogen-bond donors (Lipinski definition) is 3. The summed E-state index contributed by atoms with van der Waals surface area (Å²) < 4.78 is 1.63. The van der Waals surface area contributed by atoms with E-state index in [4.69, 9.17) is 10.9 Å². The van der Waals surface area contributed by atoms with E-state index < -0.39 is 6.04 Å². The van der Waals surface area contributed by atoms with Gasteiger partial charge in [0.05, 0.1) is 23.3 Å². The van der Waals surface area contributed by atoms with Crippen LogP contribution >= 0.6 is 0 Å². The summed E-state index contributed by atoms with van der Waals surface area (Å²) in [7, 11) is 0. The van der Waals surface area contributed by atoms with Crippen molar-refractivity contribution in [2.24, 2.45) is 16.8 Å². The van der Waals surface area contributed by atoms with Crippen LogP contribution in [-0.4, -0.2) is 32.6 Å². The summed E-state index contributed by atoms with van der Waals surface area (Å²) in [4.78, 5) is 12.3. The first-order valence-corrected chi connectivity index (χ1v) is 6.41. The molecular formula is C13H15N5O2. The molecule has 0 bridgehead atoms. The molecule has 1 saturated carbocycles. The highest BCUT2D eigenvalue weighted by molar-refractivity contribution is 6.03. The minimum Gasteiger partial charge on any atom is -0.409 e. The first-order chi connectivity index (χ1) is 9.70. The van der Waals surface area contributed by atoms with Crippen molar-refractivity contribution in [1.29, 1.82) is 0 Å². The Labute approximate surface area is 115 Å². The number of rotatable bonds is 4. The molecule has 2 heterocycles. The third-order valence-corrected chi connectivity index (χ3v) is 3.49. The number of amides is 1. The first-order valence-electron chi connectivity index (χ1n) is 6.41. The fourth-order valence-corrected chi connectivity index (χ4v) is 2.25. The second kappa shape index (κ2) is 4.84. The topological polar surface area (TPSA) is 105 Å². The lowest BCUT2D eigenvalue weighted by molar-refractivity contribution is 0.0944. The van der Waals surface area contributed by atoms with Crippen molar-refractivity contribution in [3.8, 4) is 0 Å².